The van der Waals surface area contributed by atoms with Crippen LogP contribution in [0.2, 0.25) is 5.02 Å². The Balaban J connectivity index is 1.25. The van der Waals surface area contributed by atoms with Gasteiger partial charge in [0.25, 0.3) is 0 Å². The van der Waals surface area contributed by atoms with Crippen LogP contribution >= 0.6 is 11.6 Å². The summed E-state index contributed by atoms with van der Waals surface area (Å²) in [6.07, 6.45) is 8.11. The first-order valence-electron chi connectivity index (χ1n) is 13.1. The number of rotatable bonds is 4. The van der Waals surface area contributed by atoms with Crippen LogP contribution in [0.25, 0.3) is 0 Å². The van der Waals surface area contributed by atoms with Crippen LogP contribution in [0.1, 0.15) is 75.3 Å². The van der Waals surface area contributed by atoms with Crippen molar-refractivity contribution in [1.82, 2.24) is 19.6 Å². The molecule has 2 amide bonds. The molecule has 3 aliphatic rings. The Morgan fingerprint density at radius 2 is 1.86 bits per heavy atom. The molecule has 0 unspecified atom stereocenters. The normalized spacial score (nSPS) is 24.2. The number of likely N-dealkylation sites (tertiary alicyclic amines) is 2. The molecule has 1 aromatic heterocycles. The lowest BCUT2D eigenvalue weighted by Gasteiger charge is -2.45. The highest BCUT2D eigenvalue weighted by atomic mass is 35.5. The number of carbonyl (C=O) groups is 2. The van der Waals surface area contributed by atoms with Crippen LogP contribution in [0.3, 0.4) is 0 Å². The topological polar surface area (TPSA) is 70.5 Å². The van der Waals surface area contributed by atoms with Gasteiger partial charge >= 0.3 is 6.03 Å². The third-order valence-electron chi connectivity index (χ3n) is 8.36. The number of benzene rings is 1. The van der Waals surface area contributed by atoms with Crippen molar-refractivity contribution >= 4 is 29.4 Å². The number of piperidine rings is 1. The highest BCUT2D eigenvalue weighted by molar-refractivity contribution is 6.30. The Morgan fingerprint density at radius 1 is 1.11 bits per heavy atom. The Kier molecular flexibility index (Phi) is 7.35. The first-order valence-corrected chi connectivity index (χ1v) is 13.5. The molecule has 9 heteroatoms. The molecule has 1 saturated carbocycles. The minimum Gasteiger partial charge on any atom is -0.323 e. The number of nitrogens with zero attached hydrogens (tertiary/aromatic N) is 4. The van der Waals surface area contributed by atoms with Crippen molar-refractivity contribution < 1.29 is 14.0 Å². The van der Waals surface area contributed by atoms with E-state index in [0.29, 0.717) is 37.7 Å². The molecule has 0 bridgehead atoms. The van der Waals surface area contributed by atoms with Gasteiger partial charge in [0.05, 0.1) is 0 Å². The first kappa shape index (κ1) is 25.2. The second-order valence-electron chi connectivity index (χ2n) is 10.6. The molecule has 0 atom stereocenters. The maximum absolute atomic E-state index is 13.8. The van der Waals surface area contributed by atoms with Crippen LogP contribution in [0.15, 0.2) is 30.5 Å². The van der Waals surface area contributed by atoms with Crippen LogP contribution in [-0.4, -0.2) is 62.9 Å². The molecule has 2 aromatic rings. The zero-order valence-corrected chi connectivity index (χ0v) is 21.6. The van der Waals surface area contributed by atoms with E-state index >= 15 is 0 Å². The number of alkyl halides is 1. The number of aromatic nitrogens is 2. The van der Waals surface area contributed by atoms with E-state index in [1.807, 2.05) is 11.0 Å². The van der Waals surface area contributed by atoms with Gasteiger partial charge in [0.15, 0.2) is 5.82 Å². The summed E-state index contributed by atoms with van der Waals surface area (Å²) in [6, 6.07) is 7.71. The number of hydrogen-bond acceptors (Lipinski definition) is 4. The minimum absolute atomic E-state index is 0.0930. The molecule has 36 heavy (non-hydrogen) atoms. The van der Waals surface area contributed by atoms with Crippen molar-refractivity contribution in [3.8, 4) is 0 Å². The van der Waals surface area contributed by atoms with Crippen LogP contribution in [-0.2, 0) is 11.3 Å². The van der Waals surface area contributed by atoms with E-state index in [9.17, 15) is 14.0 Å². The molecule has 1 aliphatic carbocycles. The number of nitrogens with one attached hydrogen (secondary N) is 1. The molecule has 1 aromatic carbocycles. The molecule has 2 saturated heterocycles. The van der Waals surface area contributed by atoms with Gasteiger partial charge in [-0.3, -0.25) is 9.69 Å². The maximum Gasteiger partial charge on any atom is 0.344 e. The standard InChI is InChI=1S/C27H35ClFN5O2/c1-19(35)30-25-9-14-34(31-25)26(36)32-15-11-27(12-16-32)10-2-13-33(27)18-21-3-6-22(28)17-24(21)20-4-7-23(29)8-5-20/h3,6,9,14,17,20,23H,2,4-5,7-8,10-13,15-16,18H2,1H3,(H,30,31,35). The molecule has 3 fully saturated rings. The summed E-state index contributed by atoms with van der Waals surface area (Å²) in [4.78, 5) is 28.7. The van der Waals surface area contributed by atoms with Crippen molar-refractivity contribution in [3.63, 3.8) is 0 Å². The fraction of sp³-hybridized carbons (Fsp3) is 0.593. The zero-order valence-electron chi connectivity index (χ0n) is 20.9. The third kappa shape index (κ3) is 5.30. The summed E-state index contributed by atoms with van der Waals surface area (Å²) in [5.74, 6) is 0.540. The Hall–Kier alpha value is -2.45. The second-order valence-corrected chi connectivity index (χ2v) is 11.1. The first-order chi connectivity index (χ1) is 17.3. The molecular formula is C27H35ClFN5O2. The van der Waals surface area contributed by atoms with Crippen molar-refractivity contribution in [1.29, 1.82) is 0 Å². The van der Waals surface area contributed by atoms with Gasteiger partial charge < -0.3 is 10.2 Å². The van der Waals surface area contributed by atoms with Gasteiger partial charge in [-0.2, -0.15) is 4.68 Å². The van der Waals surface area contributed by atoms with E-state index in [-0.39, 0.29) is 17.5 Å². The molecular weight excluding hydrogens is 481 g/mol. The number of halogens is 2. The van der Waals surface area contributed by atoms with Crippen LogP contribution in [0.4, 0.5) is 15.0 Å². The Morgan fingerprint density at radius 3 is 2.58 bits per heavy atom. The summed E-state index contributed by atoms with van der Waals surface area (Å²) >= 11 is 6.39. The van der Waals surface area contributed by atoms with Gasteiger partial charge in [0.2, 0.25) is 5.91 Å². The predicted octanol–water partition coefficient (Wildman–Crippen LogP) is 5.59. The highest BCUT2D eigenvalue weighted by Gasteiger charge is 2.44. The number of amides is 2. The van der Waals surface area contributed by atoms with Gasteiger partial charge in [-0.25, -0.2) is 9.18 Å². The lowest BCUT2D eigenvalue weighted by Crippen LogP contribution is -2.53. The van der Waals surface area contributed by atoms with E-state index in [1.165, 1.54) is 22.7 Å². The summed E-state index contributed by atoms with van der Waals surface area (Å²) in [6.45, 7) is 4.69. The van der Waals surface area contributed by atoms with Crippen LogP contribution in [0.5, 0.6) is 0 Å². The molecule has 3 heterocycles. The summed E-state index contributed by atoms with van der Waals surface area (Å²) < 4.78 is 15.1. The monoisotopic (exact) mass is 515 g/mol. The number of anilines is 1. The quantitative estimate of drug-likeness (QED) is 0.576. The smallest absolute Gasteiger partial charge is 0.323 e. The molecule has 5 rings (SSSR count). The average molecular weight is 516 g/mol. The SMILES string of the molecule is CC(=O)Nc1ccn(C(=O)N2CCC3(CCCN3Cc3ccc(Cl)cc3C3CCC(F)CC3)CC2)n1. The summed E-state index contributed by atoms with van der Waals surface area (Å²) in [5, 5.41) is 7.56. The van der Waals surface area contributed by atoms with Crippen molar-refractivity contribution in [2.45, 2.75) is 82.5 Å². The fourth-order valence-electron chi connectivity index (χ4n) is 6.40. The average Bonchev–Trinajstić information content (AvgIpc) is 3.48. The van der Waals surface area contributed by atoms with Crippen LogP contribution < -0.4 is 5.32 Å². The molecule has 1 spiro atoms. The Bertz CT molecular complexity index is 1110. The van der Waals surface area contributed by atoms with Gasteiger partial charge in [-0.15, -0.1) is 5.10 Å². The predicted molar refractivity (Wildman–Crippen MR) is 138 cm³/mol. The largest absolute Gasteiger partial charge is 0.344 e. The summed E-state index contributed by atoms with van der Waals surface area (Å²) in [5.41, 5.74) is 2.69. The number of hydrogen-bond donors (Lipinski definition) is 1. The van der Waals surface area contributed by atoms with E-state index in [1.54, 1.807) is 12.3 Å². The molecule has 194 valence electrons. The van der Waals surface area contributed by atoms with Crippen molar-refractivity contribution in [2.24, 2.45) is 0 Å². The van der Waals surface area contributed by atoms with E-state index in [2.05, 4.69) is 27.4 Å². The Labute approximate surface area is 217 Å². The van der Waals surface area contributed by atoms with Crippen molar-refractivity contribution in [3.05, 3.63) is 46.6 Å². The molecule has 0 radical (unpaired) electrons. The lowest BCUT2D eigenvalue weighted by atomic mass is 9.80. The molecule has 7 nitrogen and oxygen atoms in total. The third-order valence-corrected chi connectivity index (χ3v) is 8.60. The molecule has 1 N–H and O–H groups in total. The zero-order chi connectivity index (χ0) is 25.3. The van der Waals surface area contributed by atoms with Gasteiger partial charge in [0, 0.05) is 49.4 Å². The molecule has 2 aliphatic heterocycles. The maximum atomic E-state index is 13.8. The second kappa shape index (κ2) is 10.5. The van der Waals surface area contributed by atoms with E-state index < -0.39 is 6.17 Å². The summed E-state index contributed by atoms with van der Waals surface area (Å²) in [7, 11) is 0. The fourth-order valence-corrected chi connectivity index (χ4v) is 6.58. The van der Waals surface area contributed by atoms with Gasteiger partial charge in [-0.05, 0) is 87.1 Å². The lowest BCUT2D eigenvalue weighted by molar-refractivity contribution is -0.114. The highest BCUT2D eigenvalue weighted by Crippen LogP contribution is 2.42. The van der Waals surface area contributed by atoms with Crippen molar-refractivity contribution in [2.75, 3.05) is 25.0 Å². The van der Waals surface area contributed by atoms with E-state index in [4.69, 9.17) is 11.6 Å². The van der Waals surface area contributed by atoms with Crippen LogP contribution in [0, 0.1) is 0 Å². The number of carbonyl (C=O) groups excluding carboxylic acids is 2. The van der Waals surface area contributed by atoms with E-state index in [0.717, 1.165) is 56.6 Å². The minimum atomic E-state index is -0.669. The van der Waals surface area contributed by atoms with Gasteiger partial charge in [0.1, 0.15) is 6.17 Å². The van der Waals surface area contributed by atoms with Gasteiger partial charge in [-0.1, -0.05) is 17.7 Å².